The number of carbonyl (C=O) groups excluding carboxylic acids is 1. The summed E-state index contributed by atoms with van der Waals surface area (Å²) in [5.41, 5.74) is 0.342. The first-order chi connectivity index (χ1) is 10.9. The van der Waals surface area contributed by atoms with Crippen molar-refractivity contribution in [3.05, 3.63) is 12.2 Å². The lowest BCUT2D eigenvalue weighted by Crippen LogP contribution is -2.52. The first-order valence-electron chi connectivity index (χ1n) is 7.01. The maximum atomic E-state index is 13.0. The van der Waals surface area contributed by atoms with Gasteiger partial charge in [0.05, 0.1) is 12.4 Å². The summed E-state index contributed by atoms with van der Waals surface area (Å²) < 4.78 is 39.0. The molecule has 4 heterocycles. The van der Waals surface area contributed by atoms with Gasteiger partial charge < -0.3 is 20.1 Å². The molecule has 0 bridgehead atoms. The second kappa shape index (κ2) is 4.70. The second-order valence-corrected chi connectivity index (χ2v) is 5.45. The lowest BCUT2D eigenvalue weighted by molar-refractivity contribution is -0.144. The molecule has 0 saturated carbocycles. The Kier molecular flexibility index (Phi) is 2.87. The zero-order chi connectivity index (χ0) is 16.2. The van der Waals surface area contributed by atoms with Crippen LogP contribution in [-0.4, -0.2) is 63.1 Å². The summed E-state index contributed by atoms with van der Waals surface area (Å²) in [6.07, 6.45) is -3.35. The van der Waals surface area contributed by atoms with Gasteiger partial charge in [-0.1, -0.05) is 0 Å². The predicted octanol–water partition coefficient (Wildman–Crippen LogP) is 0.585. The van der Waals surface area contributed by atoms with Crippen LogP contribution in [0.1, 0.15) is 5.82 Å². The molecule has 0 aliphatic carbocycles. The Morgan fingerprint density at radius 2 is 2.09 bits per heavy atom. The number of aromatic nitrogens is 4. The van der Waals surface area contributed by atoms with Gasteiger partial charge in [0.15, 0.2) is 11.5 Å². The highest BCUT2D eigenvalue weighted by atomic mass is 19.4. The van der Waals surface area contributed by atoms with E-state index in [0.717, 1.165) is 0 Å². The molecule has 122 valence electrons. The Bertz CT molecular complexity index is 774. The Labute approximate surface area is 127 Å². The summed E-state index contributed by atoms with van der Waals surface area (Å²) in [4.78, 5) is 28.8. The molecule has 2 amide bonds. The number of anilines is 1. The van der Waals surface area contributed by atoms with E-state index in [1.165, 1.54) is 6.33 Å². The zero-order valence-corrected chi connectivity index (χ0v) is 11.8. The lowest BCUT2D eigenvalue weighted by atomic mass is 10.2. The van der Waals surface area contributed by atoms with Gasteiger partial charge in [-0.2, -0.15) is 13.2 Å². The minimum Gasteiger partial charge on any atom is -0.351 e. The molecule has 2 aliphatic rings. The SMILES string of the molecule is O=C1NCC2CN(c3nc(C(F)(F)F)nc4nc[nH]c34)CCN12. The summed E-state index contributed by atoms with van der Waals surface area (Å²) in [5.74, 6) is -1.05. The van der Waals surface area contributed by atoms with E-state index in [2.05, 4.69) is 25.3 Å². The minimum absolute atomic E-state index is 0.0228. The first kappa shape index (κ1) is 14.0. The summed E-state index contributed by atoms with van der Waals surface area (Å²) in [7, 11) is 0. The molecular weight excluding hydrogens is 315 g/mol. The maximum absolute atomic E-state index is 13.0. The van der Waals surface area contributed by atoms with Crippen molar-refractivity contribution in [3.8, 4) is 0 Å². The van der Waals surface area contributed by atoms with Crippen LogP contribution < -0.4 is 10.2 Å². The van der Waals surface area contributed by atoms with Crippen molar-refractivity contribution in [2.24, 2.45) is 0 Å². The number of urea groups is 1. The van der Waals surface area contributed by atoms with Crippen LogP contribution in [-0.2, 0) is 6.18 Å². The molecule has 2 N–H and O–H groups in total. The number of halogens is 3. The van der Waals surface area contributed by atoms with Crippen LogP contribution in [0.25, 0.3) is 11.2 Å². The molecule has 2 aromatic rings. The average Bonchev–Trinajstić information content (AvgIpc) is 3.12. The van der Waals surface area contributed by atoms with Gasteiger partial charge in [-0.3, -0.25) is 0 Å². The van der Waals surface area contributed by atoms with Crippen molar-refractivity contribution < 1.29 is 18.0 Å². The normalized spacial score (nSPS) is 21.7. The van der Waals surface area contributed by atoms with Crippen molar-refractivity contribution in [1.82, 2.24) is 30.2 Å². The van der Waals surface area contributed by atoms with E-state index >= 15 is 0 Å². The third kappa shape index (κ3) is 2.23. The third-order valence-electron chi connectivity index (χ3n) is 4.05. The van der Waals surface area contributed by atoms with Crippen LogP contribution in [0.4, 0.5) is 23.8 Å². The van der Waals surface area contributed by atoms with Crippen LogP contribution in [0, 0.1) is 0 Å². The second-order valence-electron chi connectivity index (χ2n) is 5.45. The van der Waals surface area contributed by atoms with Crippen LogP contribution in [0.3, 0.4) is 0 Å². The number of aromatic amines is 1. The maximum Gasteiger partial charge on any atom is 0.451 e. The molecule has 2 fully saturated rings. The molecule has 1 atom stereocenters. The van der Waals surface area contributed by atoms with E-state index in [-0.39, 0.29) is 23.5 Å². The molecular formula is C12H12F3N7O. The van der Waals surface area contributed by atoms with Gasteiger partial charge in [0.2, 0.25) is 5.82 Å². The number of nitrogens with one attached hydrogen (secondary N) is 2. The van der Waals surface area contributed by atoms with Gasteiger partial charge in [0, 0.05) is 26.2 Å². The highest BCUT2D eigenvalue weighted by Gasteiger charge is 2.39. The summed E-state index contributed by atoms with van der Waals surface area (Å²) in [5, 5.41) is 2.73. The van der Waals surface area contributed by atoms with E-state index < -0.39 is 12.0 Å². The highest BCUT2D eigenvalue weighted by molar-refractivity contribution is 5.84. The number of alkyl halides is 3. The molecule has 2 aliphatic heterocycles. The zero-order valence-electron chi connectivity index (χ0n) is 11.8. The van der Waals surface area contributed by atoms with Gasteiger partial charge in [-0.25, -0.2) is 19.7 Å². The summed E-state index contributed by atoms with van der Waals surface area (Å²) >= 11 is 0. The summed E-state index contributed by atoms with van der Waals surface area (Å²) in [6, 6.07) is -0.224. The van der Waals surface area contributed by atoms with E-state index in [9.17, 15) is 18.0 Å². The number of hydrogen-bond donors (Lipinski definition) is 2. The number of carbonyl (C=O) groups is 1. The number of rotatable bonds is 1. The fourth-order valence-corrected chi connectivity index (χ4v) is 2.97. The minimum atomic E-state index is -4.64. The molecule has 0 spiro atoms. The van der Waals surface area contributed by atoms with Gasteiger partial charge in [-0.15, -0.1) is 0 Å². The first-order valence-corrected chi connectivity index (χ1v) is 7.01. The number of piperazine rings is 1. The number of imidazole rings is 1. The fraction of sp³-hybridized carbons (Fsp3) is 0.500. The number of amides is 2. The molecule has 2 saturated heterocycles. The average molecular weight is 327 g/mol. The van der Waals surface area contributed by atoms with Crippen LogP contribution in [0.2, 0.25) is 0 Å². The van der Waals surface area contributed by atoms with Crippen LogP contribution in [0.15, 0.2) is 6.33 Å². The molecule has 8 nitrogen and oxygen atoms in total. The van der Waals surface area contributed by atoms with Crippen LogP contribution >= 0.6 is 0 Å². The molecule has 11 heteroatoms. The number of fused-ring (bicyclic) bond motifs is 2. The quantitative estimate of drug-likeness (QED) is 0.800. The van der Waals surface area contributed by atoms with E-state index in [4.69, 9.17) is 0 Å². The molecule has 0 radical (unpaired) electrons. The van der Waals surface area contributed by atoms with Crippen molar-refractivity contribution >= 4 is 23.0 Å². The lowest BCUT2D eigenvalue weighted by Gasteiger charge is -2.37. The van der Waals surface area contributed by atoms with E-state index in [1.54, 1.807) is 9.80 Å². The van der Waals surface area contributed by atoms with Gasteiger partial charge in [-0.05, 0) is 0 Å². The fourth-order valence-electron chi connectivity index (χ4n) is 2.97. The van der Waals surface area contributed by atoms with Gasteiger partial charge >= 0.3 is 12.2 Å². The van der Waals surface area contributed by atoms with E-state index in [0.29, 0.717) is 31.7 Å². The Morgan fingerprint density at radius 1 is 1.26 bits per heavy atom. The number of hydrogen-bond acceptors (Lipinski definition) is 5. The molecule has 0 aromatic carbocycles. The molecule has 23 heavy (non-hydrogen) atoms. The smallest absolute Gasteiger partial charge is 0.351 e. The van der Waals surface area contributed by atoms with Gasteiger partial charge in [0.25, 0.3) is 0 Å². The Morgan fingerprint density at radius 3 is 2.87 bits per heavy atom. The largest absolute Gasteiger partial charge is 0.451 e. The van der Waals surface area contributed by atoms with Gasteiger partial charge in [0.1, 0.15) is 5.52 Å². The van der Waals surface area contributed by atoms with Crippen molar-refractivity contribution in [2.45, 2.75) is 12.2 Å². The monoisotopic (exact) mass is 327 g/mol. The topological polar surface area (TPSA) is 90.0 Å². The van der Waals surface area contributed by atoms with Crippen LogP contribution in [0.5, 0.6) is 0 Å². The predicted molar refractivity (Wildman–Crippen MR) is 72.8 cm³/mol. The van der Waals surface area contributed by atoms with Crippen molar-refractivity contribution in [1.29, 1.82) is 0 Å². The number of H-pyrrole nitrogens is 1. The van der Waals surface area contributed by atoms with E-state index in [1.807, 2.05) is 0 Å². The van der Waals surface area contributed by atoms with Crippen molar-refractivity contribution in [2.75, 3.05) is 31.1 Å². The molecule has 4 rings (SSSR count). The molecule has 1 unspecified atom stereocenters. The Balaban J connectivity index is 1.73. The number of nitrogens with zero attached hydrogens (tertiary/aromatic N) is 5. The summed E-state index contributed by atoms with van der Waals surface area (Å²) in [6.45, 7) is 1.70. The highest BCUT2D eigenvalue weighted by Crippen LogP contribution is 2.31. The third-order valence-corrected chi connectivity index (χ3v) is 4.05. The standard InChI is InChI=1S/C12H12F3N7O/c13-12(14,15)10-19-8-7(17-5-18-8)9(20-10)21-1-2-22-6(4-21)3-16-11(22)23/h5-6H,1-4H2,(H,16,23)(H,17,18,19,20). The molecule has 2 aromatic heterocycles. The van der Waals surface area contributed by atoms with Crippen molar-refractivity contribution in [3.63, 3.8) is 0 Å². The Hall–Kier alpha value is -2.59.